The van der Waals surface area contributed by atoms with Crippen LogP contribution in [0.15, 0.2) is 18.3 Å². The summed E-state index contributed by atoms with van der Waals surface area (Å²) in [4.78, 5) is 8.80. The zero-order valence-corrected chi connectivity index (χ0v) is 8.15. The third-order valence-corrected chi connectivity index (χ3v) is 2.18. The number of hydrogen-bond acceptors (Lipinski definition) is 2. The minimum atomic E-state index is 0.444. The Bertz CT molecular complexity index is 429. The van der Waals surface area contributed by atoms with Crippen LogP contribution in [0.3, 0.4) is 0 Å². The van der Waals surface area contributed by atoms with Crippen molar-refractivity contribution in [3.8, 4) is 0 Å². The number of imidazole rings is 1. The third kappa shape index (κ3) is 1.20. The van der Waals surface area contributed by atoms with Crippen molar-refractivity contribution in [2.24, 2.45) is 7.05 Å². The van der Waals surface area contributed by atoms with E-state index in [1.165, 1.54) is 0 Å². The van der Waals surface area contributed by atoms with Gasteiger partial charge < -0.3 is 4.57 Å². The molecule has 0 aliphatic carbocycles. The van der Waals surface area contributed by atoms with Crippen LogP contribution in [0, 0.1) is 0 Å². The molecule has 0 aliphatic heterocycles. The largest absolute Gasteiger partial charge is 0.316 e. The highest BCUT2D eigenvalue weighted by atomic mass is 15.1. The van der Waals surface area contributed by atoms with Crippen LogP contribution in [0.1, 0.15) is 25.6 Å². The second-order valence-electron chi connectivity index (χ2n) is 3.53. The van der Waals surface area contributed by atoms with E-state index in [1.54, 1.807) is 6.20 Å². The lowest BCUT2D eigenvalue weighted by atomic mass is 10.2. The van der Waals surface area contributed by atoms with Crippen LogP contribution in [0.4, 0.5) is 0 Å². The van der Waals surface area contributed by atoms with Gasteiger partial charge in [0, 0.05) is 19.2 Å². The van der Waals surface area contributed by atoms with E-state index in [1.807, 2.05) is 19.2 Å². The molecule has 0 radical (unpaired) electrons. The summed E-state index contributed by atoms with van der Waals surface area (Å²) in [6.07, 6.45) is 1.80. The molecule has 2 aromatic rings. The number of pyridine rings is 1. The average Bonchev–Trinajstić information content (AvgIpc) is 2.45. The Balaban J connectivity index is 2.74. The van der Waals surface area contributed by atoms with Gasteiger partial charge in [-0.1, -0.05) is 13.8 Å². The Hall–Kier alpha value is -1.38. The summed E-state index contributed by atoms with van der Waals surface area (Å²) in [5, 5.41) is 0. The summed E-state index contributed by atoms with van der Waals surface area (Å²) in [5.74, 6) is 1.54. The van der Waals surface area contributed by atoms with Gasteiger partial charge in [0.25, 0.3) is 0 Å². The maximum atomic E-state index is 4.51. The van der Waals surface area contributed by atoms with Crippen molar-refractivity contribution in [2.75, 3.05) is 0 Å². The Kier molecular flexibility index (Phi) is 1.79. The fourth-order valence-corrected chi connectivity index (χ4v) is 1.56. The van der Waals surface area contributed by atoms with Crippen molar-refractivity contribution in [1.82, 2.24) is 14.5 Å². The molecular weight excluding hydrogens is 162 g/mol. The topological polar surface area (TPSA) is 30.7 Å². The first-order valence-electron chi connectivity index (χ1n) is 4.47. The second-order valence-corrected chi connectivity index (χ2v) is 3.53. The van der Waals surface area contributed by atoms with Gasteiger partial charge >= 0.3 is 0 Å². The number of rotatable bonds is 1. The van der Waals surface area contributed by atoms with Gasteiger partial charge in [0.15, 0.2) is 5.65 Å². The van der Waals surface area contributed by atoms with Crippen molar-refractivity contribution in [1.29, 1.82) is 0 Å². The van der Waals surface area contributed by atoms with Crippen molar-refractivity contribution < 1.29 is 0 Å². The van der Waals surface area contributed by atoms with Gasteiger partial charge in [-0.15, -0.1) is 0 Å². The van der Waals surface area contributed by atoms with Gasteiger partial charge in [-0.3, -0.25) is 0 Å². The van der Waals surface area contributed by atoms with Gasteiger partial charge in [0.05, 0.1) is 0 Å². The molecule has 0 bridgehead atoms. The molecule has 0 spiro atoms. The molecule has 2 rings (SSSR count). The van der Waals surface area contributed by atoms with Crippen LogP contribution in [-0.2, 0) is 7.05 Å². The molecule has 0 N–H and O–H groups in total. The standard InChI is InChI=1S/C10H13N3/c1-7(2)9-12-8-5-4-6-11-10(8)13(9)3/h4-7H,1-3H3. The highest BCUT2D eigenvalue weighted by Gasteiger charge is 2.10. The predicted octanol–water partition coefficient (Wildman–Crippen LogP) is 2.09. The lowest BCUT2D eigenvalue weighted by molar-refractivity contribution is 0.719. The Morgan fingerprint density at radius 2 is 2.15 bits per heavy atom. The maximum Gasteiger partial charge on any atom is 0.159 e. The molecule has 0 atom stereocenters. The molecule has 13 heavy (non-hydrogen) atoms. The highest BCUT2D eigenvalue weighted by Crippen LogP contribution is 2.17. The fourth-order valence-electron chi connectivity index (χ4n) is 1.56. The first-order chi connectivity index (χ1) is 6.20. The van der Waals surface area contributed by atoms with Gasteiger partial charge in [0.1, 0.15) is 11.3 Å². The molecular formula is C10H13N3. The lowest BCUT2D eigenvalue weighted by Gasteiger charge is -2.03. The maximum absolute atomic E-state index is 4.51. The summed E-state index contributed by atoms with van der Waals surface area (Å²) in [6, 6.07) is 3.91. The van der Waals surface area contributed by atoms with Gasteiger partial charge in [-0.05, 0) is 12.1 Å². The van der Waals surface area contributed by atoms with Crippen LogP contribution in [0.2, 0.25) is 0 Å². The first kappa shape index (κ1) is 8.23. The number of nitrogens with zero attached hydrogens (tertiary/aromatic N) is 3. The highest BCUT2D eigenvalue weighted by molar-refractivity contribution is 5.71. The van der Waals surface area contributed by atoms with E-state index in [2.05, 4.69) is 28.4 Å². The van der Waals surface area contributed by atoms with Gasteiger partial charge in [0.2, 0.25) is 0 Å². The monoisotopic (exact) mass is 175 g/mol. The average molecular weight is 175 g/mol. The van der Waals surface area contributed by atoms with E-state index < -0.39 is 0 Å². The summed E-state index contributed by atoms with van der Waals surface area (Å²) in [6.45, 7) is 4.28. The normalized spacial score (nSPS) is 11.4. The molecule has 68 valence electrons. The van der Waals surface area contributed by atoms with Crippen LogP contribution in [0.5, 0.6) is 0 Å². The smallest absolute Gasteiger partial charge is 0.159 e. The van der Waals surface area contributed by atoms with Crippen LogP contribution < -0.4 is 0 Å². The van der Waals surface area contributed by atoms with Gasteiger partial charge in [-0.2, -0.15) is 0 Å². The molecule has 0 fully saturated rings. The summed E-state index contributed by atoms with van der Waals surface area (Å²) >= 11 is 0. The molecule has 0 saturated carbocycles. The lowest BCUT2D eigenvalue weighted by Crippen LogP contribution is -1.99. The van der Waals surface area contributed by atoms with E-state index in [4.69, 9.17) is 0 Å². The van der Waals surface area contributed by atoms with E-state index in [-0.39, 0.29) is 0 Å². The number of aromatic nitrogens is 3. The van der Waals surface area contributed by atoms with E-state index >= 15 is 0 Å². The summed E-state index contributed by atoms with van der Waals surface area (Å²) < 4.78 is 2.06. The van der Waals surface area contributed by atoms with Crippen molar-refractivity contribution >= 4 is 11.2 Å². The molecule has 0 aliphatic rings. The number of fused-ring (bicyclic) bond motifs is 1. The number of hydrogen-bond donors (Lipinski definition) is 0. The van der Waals surface area contributed by atoms with Crippen LogP contribution in [0.25, 0.3) is 11.2 Å². The number of aryl methyl sites for hydroxylation is 1. The van der Waals surface area contributed by atoms with Crippen molar-refractivity contribution in [2.45, 2.75) is 19.8 Å². The van der Waals surface area contributed by atoms with Crippen molar-refractivity contribution in [3.63, 3.8) is 0 Å². The SMILES string of the molecule is CC(C)c1nc2cccnc2n1C. The Morgan fingerprint density at radius 1 is 1.38 bits per heavy atom. The molecule has 0 aromatic carbocycles. The van der Waals surface area contributed by atoms with Crippen LogP contribution in [-0.4, -0.2) is 14.5 Å². The molecule has 0 unspecified atom stereocenters. The minimum absolute atomic E-state index is 0.444. The van der Waals surface area contributed by atoms with E-state index in [0.717, 1.165) is 17.0 Å². The van der Waals surface area contributed by atoms with E-state index in [9.17, 15) is 0 Å². The molecule has 0 amide bonds. The van der Waals surface area contributed by atoms with Crippen LogP contribution >= 0.6 is 0 Å². The molecule has 3 nitrogen and oxygen atoms in total. The fraction of sp³-hybridized carbons (Fsp3) is 0.400. The third-order valence-electron chi connectivity index (χ3n) is 2.18. The van der Waals surface area contributed by atoms with E-state index in [0.29, 0.717) is 5.92 Å². The molecule has 2 heterocycles. The molecule has 2 aromatic heterocycles. The summed E-state index contributed by atoms with van der Waals surface area (Å²) in [7, 11) is 2.01. The van der Waals surface area contributed by atoms with Gasteiger partial charge in [-0.25, -0.2) is 9.97 Å². The predicted molar refractivity (Wildman–Crippen MR) is 52.6 cm³/mol. The first-order valence-corrected chi connectivity index (χ1v) is 4.47. The zero-order chi connectivity index (χ0) is 9.42. The zero-order valence-electron chi connectivity index (χ0n) is 8.15. The Labute approximate surface area is 77.4 Å². The molecule has 3 heteroatoms. The minimum Gasteiger partial charge on any atom is -0.316 e. The Morgan fingerprint density at radius 3 is 2.77 bits per heavy atom. The summed E-state index contributed by atoms with van der Waals surface area (Å²) in [5.41, 5.74) is 1.94. The quantitative estimate of drug-likeness (QED) is 0.664. The second kappa shape index (κ2) is 2.83. The molecule has 0 saturated heterocycles. The van der Waals surface area contributed by atoms with Crippen molar-refractivity contribution in [3.05, 3.63) is 24.2 Å².